The molecular formula is C11H15NO3. The van der Waals surface area contributed by atoms with Crippen molar-refractivity contribution >= 4 is 5.71 Å². The number of phenols is 1. The molecule has 0 aliphatic carbocycles. The number of ether oxygens (including phenoxy) is 1. The zero-order valence-corrected chi connectivity index (χ0v) is 8.90. The number of rotatable bonds is 4. The Balaban J connectivity index is 2.70. The van der Waals surface area contributed by atoms with E-state index in [-0.39, 0.29) is 5.75 Å². The average Bonchev–Trinajstić information content (AvgIpc) is 2.27. The third-order valence-electron chi connectivity index (χ3n) is 2.19. The van der Waals surface area contributed by atoms with Gasteiger partial charge in [-0.1, -0.05) is 11.2 Å². The molecule has 1 aromatic carbocycles. The fraction of sp³-hybridized carbons (Fsp3) is 0.364. The molecule has 0 atom stereocenters. The summed E-state index contributed by atoms with van der Waals surface area (Å²) in [6, 6.07) is 5.20. The Kier molecular flexibility index (Phi) is 3.97. The van der Waals surface area contributed by atoms with Crippen molar-refractivity contribution in [3.05, 3.63) is 23.8 Å². The largest absolute Gasteiger partial charge is 0.504 e. The van der Waals surface area contributed by atoms with Gasteiger partial charge in [0.05, 0.1) is 12.8 Å². The maximum absolute atomic E-state index is 9.37. The van der Waals surface area contributed by atoms with Crippen LogP contribution < -0.4 is 4.74 Å². The lowest BCUT2D eigenvalue weighted by Gasteiger charge is -2.06. The molecule has 0 amide bonds. The summed E-state index contributed by atoms with van der Waals surface area (Å²) in [6.45, 7) is 1.76. The maximum atomic E-state index is 9.37. The molecule has 0 unspecified atom stereocenters. The van der Waals surface area contributed by atoms with E-state index in [0.717, 1.165) is 12.0 Å². The molecule has 0 heterocycles. The molecule has 1 rings (SSSR count). The van der Waals surface area contributed by atoms with E-state index in [1.165, 1.54) is 7.11 Å². The zero-order chi connectivity index (χ0) is 11.3. The Labute approximate surface area is 88.8 Å². The number of benzene rings is 1. The van der Waals surface area contributed by atoms with Gasteiger partial charge in [-0.3, -0.25) is 0 Å². The second kappa shape index (κ2) is 5.24. The second-order valence-corrected chi connectivity index (χ2v) is 3.34. The number of phenolic OH excluding ortho intramolecular Hbond substituents is 1. The lowest BCUT2D eigenvalue weighted by molar-refractivity contribution is 0.317. The number of oxime groups is 1. The molecule has 0 aliphatic heterocycles. The van der Waals surface area contributed by atoms with Gasteiger partial charge in [-0.15, -0.1) is 0 Å². The van der Waals surface area contributed by atoms with Gasteiger partial charge in [0.1, 0.15) is 0 Å². The minimum atomic E-state index is 0.133. The summed E-state index contributed by atoms with van der Waals surface area (Å²) in [5, 5.41) is 21.0. The number of hydrogen-bond acceptors (Lipinski definition) is 4. The summed E-state index contributed by atoms with van der Waals surface area (Å²) in [4.78, 5) is 0. The Morgan fingerprint density at radius 1 is 1.47 bits per heavy atom. The number of aryl methyl sites for hydroxylation is 1. The molecule has 15 heavy (non-hydrogen) atoms. The van der Waals surface area contributed by atoms with Gasteiger partial charge >= 0.3 is 0 Å². The molecule has 0 spiro atoms. The van der Waals surface area contributed by atoms with Crippen LogP contribution in [0.25, 0.3) is 0 Å². The normalized spacial score (nSPS) is 11.5. The first-order valence-electron chi connectivity index (χ1n) is 4.70. The van der Waals surface area contributed by atoms with E-state index >= 15 is 0 Å². The highest BCUT2D eigenvalue weighted by Crippen LogP contribution is 2.26. The van der Waals surface area contributed by atoms with Gasteiger partial charge in [-0.25, -0.2) is 0 Å². The summed E-state index contributed by atoms with van der Waals surface area (Å²) >= 11 is 0. The molecule has 1 aromatic rings. The van der Waals surface area contributed by atoms with E-state index in [0.29, 0.717) is 17.9 Å². The molecule has 0 bridgehead atoms. The molecule has 82 valence electrons. The van der Waals surface area contributed by atoms with E-state index < -0.39 is 0 Å². The smallest absolute Gasteiger partial charge is 0.160 e. The van der Waals surface area contributed by atoms with Crippen LogP contribution in [0, 0.1) is 0 Å². The predicted octanol–water partition coefficient (Wildman–Crippen LogP) is 2.18. The maximum Gasteiger partial charge on any atom is 0.160 e. The Morgan fingerprint density at radius 3 is 2.80 bits per heavy atom. The van der Waals surface area contributed by atoms with Gasteiger partial charge in [-0.05, 0) is 37.5 Å². The van der Waals surface area contributed by atoms with E-state index in [9.17, 15) is 5.11 Å². The molecule has 0 saturated heterocycles. The van der Waals surface area contributed by atoms with E-state index in [1.54, 1.807) is 19.1 Å². The van der Waals surface area contributed by atoms with Crippen LogP contribution in [-0.4, -0.2) is 23.1 Å². The average molecular weight is 209 g/mol. The highest BCUT2D eigenvalue weighted by atomic mass is 16.5. The second-order valence-electron chi connectivity index (χ2n) is 3.34. The van der Waals surface area contributed by atoms with Crippen molar-refractivity contribution in [3.63, 3.8) is 0 Å². The minimum Gasteiger partial charge on any atom is -0.504 e. The van der Waals surface area contributed by atoms with Crippen LogP contribution in [0.5, 0.6) is 11.5 Å². The molecule has 4 nitrogen and oxygen atoms in total. The third-order valence-corrected chi connectivity index (χ3v) is 2.19. The molecule has 0 saturated carbocycles. The fourth-order valence-corrected chi connectivity index (χ4v) is 1.25. The van der Waals surface area contributed by atoms with Gasteiger partial charge < -0.3 is 15.1 Å². The van der Waals surface area contributed by atoms with Crippen molar-refractivity contribution in [2.24, 2.45) is 5.16 Å². The summed E-state index contributed by atoms with van der Waals surface area (Å²) < 4.78 is 4.99. The van der Waals surface area contributed by atoms with Gasteiger partial charge in [0, 0.05) is 0 Å². The first-order valence-corrected chi connectivity index (χ1v) is 4.70. The highest BCUT2D eigenvalue weighted by Gasteiger charge is 2.03. The lowest BCUT2D eigenvalue weighted by atomic mass is 10.1. The van der Waals surface area contributed by atoms with Crippen LogP contribution in [0.15, 0.2) is 23.4 Å². The minimum absolute atomic E-state index is 0.133. The lowest BCUT2D eigenvalue weighted by Crippen LogP contribution is -1.95. The Morgan fingerprint density at radius 2 is 2.20 bits per heavy atom. The van der Waals surface area contributed by atoms with Gasteiger partial charge in [0.2, 0.25) is 0 Å². The first-order chi connectivity index (χ1) is 7.17. The van der Waals surface area contributed by atoms with Crippen molar-refractivity contribution in [1.29, 1.82) is 0 Å². The molecular weight excluding hydrogens is 194 g/mol. The van der Waals surface area contributed by atoms with Gasteiger partial charge in [0.15, 0.2) is 11.5 Å². The number of methoxy groups -OCH3 is 1. The van der Waals surface area contributed by atoms with E-state index in [4.69, 9.17) is 9.94 Å². The zero-order valence-electron chi connectivity index (χ0n) is 8.90. The van der Waals surface area contributed by atoms with Crippen LogP contribution in [0.1, 0.15) is 18.9 Å². The van der Waals surface area contributed by atoms with Crippen LogP contribution >= 0.6 is 0 Å². The third kappa shape index (κ3) is 3.16. The van der Waals surface area contributed by atoms with Crippen molar-refractivity contribution in [3.8, 4) is 11.5 Å². The molecule has 4 heteroatoms. The summed E-state index contributed by atoms with van der Waals surface area (Å²) in [6.07, 6.45) is 1.44. The van der Waals surface area contributed by atoms with Gasteiger partial charge in [-0.2, -0.15) is 0 Å². The van der Waals surface area contributed by atoms with Crippen molar-refractivity contribution in [2.75, 3.05) is 7.11 Å². The van der Waals surface area contributed by atoms with E-state index in [2.05, 4.69) is 5.16 Å². The molecule has 0 fully saturated rings. The van der Waals surface area contributed by atoms with E-state index in [1.807, 2.05) is 6.07 Å². The molecule has 0 radical (unpaired) electrons. The first kappa shape index (κ1) is 11.4. The van der Waals surface area contributed by atoms with Crippen LogP contribution in [0.2, 0.25) is 0 Å². The van der Waals surface area contributed by atoms with Crippen LogP contribution in [0.3, 0.4) is 0 Å². The number of aromatic hydroxyl groups is 1. The topological polar surface area (TPSA) is 62.0 Å². The van der Waals surface area contributed by atoms with Crippen LogP contribution in [0.4, 0.5) is 0 Å². The molecule has 2 N–H and O–H groups in total. The number of hydrogen-bond donors (Lipinski definition) is 2. The van der Waals surface area contributed by atoms with Crippen molar-refractivity contribution in [2.45, 2.75) is 19.8 Å². The number of nitrogens with zero attached hydrogens (tertiary/aromatic N) is 1. The summed E-state index contributed by atoms with van der Waals surface area (Å²) in [5.74, 6) is 0.597. The van der Waals surface area contributed by atoms with Gasteiger partial charge in [0.25, 0.3) is 0 Å². The van der Waals surface area contributed by atoms with Crippen LogP contribution in [-0.2, 0) is 6.42 Å². The Bertz CT molecular complexity index is 361. The van der Waals surface area contributed by atoms with Crippen molar-refractivity contribution < 1.29 is 15.1 Å². The SMILES string of the molecule is COc1cc(CC/C(C)=N\O)ccc1O. The summed E-state index contributed by atoms with van der Waals surface area (Å²) in [7, 11) is 1.51. The highest BCUT2D eigenvalue weighted by molar-refractivity contribution is 5.81. The molecule has 0 aromatic heterocycles. The Hall–Kier alpha value is -1.71. The monoisotopic (exact) mass is 209 g/mol. The quantitative estimate of drug-likeness (QED) is 0.454. The standard InChI is InChI=1S/C11H15NO3/c1-8(12-14)3-4-9-5-6-10(13)11(7-9)15-2/h5-7,13-14H,3-4H2,1-2H3/b12-8-. The summed E-state index contributed by atoms with van der Waals surface area (Å²) in [5.41, 5.74) is 1.72. The predicted molar refractivity (Wildman–Crippen MR) is 57.9 cm³/mol. The fourth-order valence-electron chi connectivity index (χ4n) is 1.25. The van der Waals surface area contributed by atoms with Crippen molar-refractivity contribution in [1.82, 2.24) is 0 Å². The molecule has 0 aliphatic rings.